The molecule has 2 fully saturated rings. The molecule has 1 unspecified atom stereocenters. The molecule has 2 heterocycles. The van der Waals surface area contributed by atoms with Gasteiger partial charge in [-0.15, -0.1) is 0 Å². The zero-order valence-electron chi connectivity index (χ0n) is 24.5. The minimum Gasteiger partial charge on any atom is -0.444 e. The largest absolute Gasteiger partial charge is 0.444 e. The normalized spacial score (nSPS) is 27.5. The molecule has 236 valence electrons. The summed E-state index contributed by atoms with van der Waals surface area (Å²) < 4.78 is 47.6. The maximum atomic E-state index is 14.4. The molecule has 1 aromatic rings. The van der Waals surface area contributed by atoms with Crippen LogP contribution >= 0.6 is 11.6 Å². The molecule has 0 radical (unpaired) electrons. The average Bonchev–Trinajstić information content (AvgIpc) is 3.36. The molecule has 11 nitrogen and oxygen atoms in total. The molecule has 0 aromatic heterocycles. The quantitative estimate of drug-likeness (QED) is 0.426. The van der Waals surface area contributed by atoms with Gasteiger partial charge in [0.2, 0.25) is 11.8 Å². The van der Waals surface area contributed by atoms with Gasteiger partial charge < -0.3 is 20.3 Å². The van der Waals surface area contributed by atoms with Crippen molar-refractivity contribution in [2.75, 3.05) is 6.54 Å². The lowest BCUT2D eigenvalue weighted by Gasteiger charge is -2.30. The highest BCUT2D eigenvalue weighted by atomic mass is 35.5. The fourth-order valence-electron chi connectivity index (χ4n) is 5.49. The Labute approximate surface area is 256 Å². The van der Waals surface area contributed by atoms with Gasteiger partial charge in [-0.3, -0.25) is 14.4 Å². The molecular formula is C29H38ClFN4O7S. The molecule has 0 bridgehead atoms. The van der Waals surface area contributed by atoms with Crippen LogP contribution in [0, 0.1) is 11.7 Å². The Morgan fingerprint density at radius 3 is 2.60 bits per heavy atom. The third-order valence-corrected chi connectivity index (χ3v) is 9.32. The Bertz CT molecular complexity index is 1410. The lowest BCUT2D eigenvalue weighted by Crippen LogP contribution is -2.58. The van der Waals surface area contributed by atoms with Gasteiger partial charge in [0.25, 0.3) is 15.9 Å². The molecule has 14 heteroatoms. The first-order valence-corrected chi connectivity index (χ1v) is 16.3. The highest BCUT2D eigenvalue weighted by molar-refractivity contribution is 7.90. The molecule has 4 atom stereocenters. The Morgan fingerprint density at radius 1 is 1.14 bits per heavy atom. The zero-order chi connectivity index (χ0) is 31.6. The summed E-state index contributed by atoms with van der Waals surface area (Å²) >= 11 is 5.86. The van der Waals surface area contributed by atoms with Crippen molar-refractivity contribution >= 4 is 45.4 Å². The number of sulfonamides is 1. The number of alkyl carbamates (subject to hydrolysis) is 1. The molecule has 0 spiro atoms. The predicted octanol–water partition coefficient (Wildman–Crippen LogP) is 3.56. The number of nitrogens with one attached hydrogen (secondary N) is 3. The van der Waals surface area contributed by atoms with Crippen molar-refractivity contribution < 1.29 is 36.7 Å². The number of ether oxygens (including phenoxy) is 1. The number of hydrogen-bond acceptors (Lipinski definition) is 7. The summed E-state index contributed by atoms with van der Waals surface area (Å²) in [6, 6.07) is 1.11. The second-order valence-electron chi connectivity index (χ2n) is 12.2. The Hall–Kier alpha value is -3.19. The van der Waals surface area contributed by atoms with E-state index in [0.29, 0.717) is 32.1 Å². The maximum absolute atomic E-state index is 14.4. The number of benzene rings is 1. The van der Waals surface area contributed by atoms with E-state index in [1.165, 1.54) is 11.0 Å². The molecule has 1 saturated heterocycles. The van der Waals surface area contributed by atoms with Gasteiger partial charge in [0, 0.05) is 17.5 Å². The van der Waals surface area contributed by atoms with Crippen molar-refractivity contribution in [3.63, 3.8) is 0 Å². The van der Waals surface area contributed by atoms with Crippen molar-refractivity contribution in [2.45, 2.75) is 100 Å². The van der Waals surface area contributed by atoms with E-state index in [1.54, 1.807) is 26.8 Å². The summed E-state index contributed by atoms with van der Waals surface area (Å²) in [7, 11) is -4.67. The monoisotopic (exact) mass is 640 g/mol. The minimum atomic E-state index is -4.67. The molecule has 1 saturated carbocycles. The number of carbonyl (C=O) groups is 4. The number of amides is 4. The molecule has 43 heavy (non-hydrogen) atoms. The molecule has 1 aromatic carbocycles. The topological polar surface area (TPSA) is 151 Å². The van der Waals surface area contributed by atoms with Gasteiger partial charge >= 0.3 is 6.09 Å². The standard InChI is InChI=1S/C29H38ClFN4O7S/c1-28(2,3)42-27(39)32-21-11-8-6-4-5-7-10-18-17-29(18,33-24(36)22-12-9-15-35(22)25(21)37)26(38)34-43(40,41)23-16-19(30)13-14-20(23)31/h7,10,13-14,16,18,21-22H,4-6,8-9,11-12,15,17H2,1-3H3,(H,32,39)(H,33,36)(H,34,38)/b10-7-/t18-,21?,22+,29-/m1/s1. The van der Waals surface area contributed by atoms with Crippen molar-refractivity contribution in [2.24, 2.45) is 5.92 Å². The van der Waals surface area contributed by atoms with Crippen molar-refractivity contribution in [3.8, 4) is 0 Å². The molecule has 2 aliphatic heterocycles. The SMILES string of the molecule is CC(C)(C)OC(=O)NC1CCCCC/C=C\[C@@H]2C[C@@]2(C(=O)NS(=O)(=O)c2cc(Cl)ccc2F)NC(=O)[C@@H]2CCCN2C1=O. The van der Waals surface area contributed by atoms with E-state index in [1.807, 2.05) is 10.8 Å². The summed E-state index contributed by atoms with van der Waals surface area (Å²) in [5.41, 5.74) is -2.38. The number of hydrogen-bond donors (Lipinski definition) is 3. The Balaban J connectivity index is 1.58. The summed E-state index contributed by atoms with van der Waals surface area (Å²) in [6.45, 7) is 5.42. The van der Waals surface area contributed by atoms with Gasteiger partial charge in [-0.2, -0.15) is 0 Å². The lowest BCUT2D eigenvalue weighted by atomic mass is 10.0. The van der Waals surface area contributed by atoms with Crippen LogP contribution in [0.4, 0.5) is 9.18 Å². The Kier molecular flexibility index (Phi) is 9.75. The van der Waals surface area contributed by atoms with E-state index in [0.717, 1.165) is 25.0 Å². The Morgan fingerprint density at radius 2 is 1.88 bits per heavy atom. The molecule has 4 rings (SSSR count). The van der Waals surface area contributed by atoms with Crippen molar-refractivity contribution in [3.05, 3.63) is 41.2 Å². The van der Waals surface area contributed by atoms with Gasteiger partial charge in [0.1, 0.15) is 33.9 Å². The van der Waals surface area contributed by atoms with Crippen LogP contribution in [0.5, 0.6) is 0 Å². The highest BCUT2D eigenvalue weighted by Crippen LogP contribution is 2.46. The van der Waals surface area contributed by atoms with E-state index in [2.05, 4.69) is 10.6 Å². The van der Waals surface area contributed by atoms with Gasteiger partial charge in [0.15, 0.2) is 0 Å². The van der Waals surface area contributed by atoms with Crippen LogP contribution < -0.4 is 15.4 Å². The summed E-state index contributed by atoms with van der Waals surface area (Å²) in [6.07, 6.45) is 7.09. The van der Waals surface area contributed by atoms with Gasteiger partial charge in [-0.1, -0.05) is 36.6 Å². The fourth-order valence-corrected chi connectivity index (χ4v) is 6.87. The van der Waals surface area contributed by atoms with E-state index < -0.39 is 73.7 Å². The first kappa shape index (κ1) is 32.7. The van der Waals surface area contributed by atoms with Gasteiger partial charge in [-0.25, -0.2) is 22.3 Å². The lowest BCUT2D eigenvalue weighted by molar-refractivity contribution is -0.141. The average molecular weight is 641 g/mol. The minimum absolute atomic E-state index is 0.0349. The molecular weight excluding hydrogens is 603 g/mol. The van der Waals surface area contributed by atoms with Crippen molar-refractivity contribution in [1.29, 1.82) is 0 Å². The summed E-state index contributed by atoms with van der Waals surface area (Å²) in [5.74, 6) is -3.65. The number of allylic oxidation sites excluding steroid dienone is 1. The highest BCUT2D eigenvalue weighted by Gasteiger charge is 2.61. The van der Waals surface area contributed by atoms with E-state index >= 15 is 0 Å². The number of nitrogens with zero attached hydrogens (tertiary/aromatic N) is 1. The van der Waals surface area contributed by atoms with Crippen LogP contribution in [-0.2, 0) is 29.1 Å². The number of carbonyl (C=O) groups excluding carboxylic acids is 4. The maximum Gasteiger partial charge on any atom is 0.408 e. The van der Waals surface area contributed by atoms with Crippen LogP contribution in [-0.4, -0.2) is 66.9 Å². The van der Waals surface area contributed by atoms with Crippen LogP contribution in [0.2, 0.25) is 5.02 Å². The number of halogens is 2. The number of rotatable bonds is 4. The predicted molar refractivity (Wildman–Crippen MR) is 156 cm³/mol. The zero-order valence-corrected chi connectivity index (χ0v) is 26.0. The molecule has 1 aliphatic carbocycles. The van der Waals surface area contributed by atoms with Gasteiger partial charge in [0.05, 0.1) is 0 Å². The van der Waals surface area contributed by atoms with Crippen LogP contribution in [0.1, 0.15) is 72.1 Å². The third kappa shape index (κ3) is 7.86. The molecule has 3 aliphatic rings. The fraction of sp³-hybridized carbons (Fsp3) is 0.586. The molecule has 3 N–H and O–H groups in total. The van der Waals surface area contributed by atoms with Crippen LogP contribution in [0.25, 0.3) is 0 Å². The van der Waals surface area contributed by atoms with E-state index in [9.17, 15) is 32.0 Å². The summed E-state index contributed by atoms with van der Waals surface area (Å²) in [5, 5.41) is 5.36. The van der Waals surface area contributed by atoms with Crippen molar-refractivity contribution in [1.82, 2.24) is 20.3 Å². The number of fused-ring (bicyclic) bond motifs is 2. The van der Waals surface area contributed by atoms with E-state index in [4.69, 9.17) is 16.3 Å². The second kappa shape index (κ2) is 12.8. The van der Waals surface area contributed by atoms with E-state index in [-0.39, 0.29) is 18.0 Å². The first-order valence-electron chi connectivity index (χ1n) is 14.4. The van der Waals surface area contributed by atoms with Crippen LogP contribution in [0.3, 0.4) is 0 Å². The second-order valence-corrected chi connectivity index (χ2v) is 14.3. The smallest absolute Gasteiger partial charge is 0.408 e. The molecule has 4 amide bonds. The van der Waals surface area contributed by atoms with Crippen LogP contribution in [0.15, 0.2) is 35.2 Å². The first-order chi connectivity index (χ1) is 20.1. The van der Waals surface area contributed by atoms with Gasteiger partial charge in [-0.05, 0) is 77.5 Å². The summed E-state index contributed by atoms with van der Waals surface area (Å²) in [4.78, 5) is 54.0. The third-order valence-electron chi connectivity index (χ3n) is 7.74.